The minimum atomic E-state index is -3.83. The van der Waals surface area contributed by atoms with E-state index in [1.807, 2.05) is 0 Å². The summed E-state index contributed by atoms with van der Waals surface area (Å²) in [4.78, 5) is 23.6. The summed E-state index contributed by atoms with van der Waals surface area (Å²) in [5.74, 6) is -0.738. The van der Waals surface area contributed by atoms with E-state index in [1.54, 1.807) is 19.2 Å². The van der Waals surface area contributed by atoms with Gasteiger partial charge in [-0.05, 0) is 18.6 Å². The van der Waals surface area contributed by atoms with Crippen molar-refractivity contribution in [3.63, 3.8) is 0 Å². The molecule has 2 aliphatic heterocycles. The van der Waals surface area contributed by atoms with Crippen molar-refractivity contribution in [1.29, 1.82) is 0 Å². The molecule has 2 aliphatic rings. The molecule has 0 radical (unpaired) electrons. The lowest BCUT2D eigenvalue weighted by molar-refractivity contribution is -0.128. The quantitative estimate of drug-likeness (QED) is 0.724. The van der Waals surface area contributed by atoms with E-state index in [9.17, 15) is 18.0 Å². The van der Waals surface area contributed by atoms with E-state index in [-0.39, 0.29) is 36.2 Å². The van der Waals surface area contributed by atoms with Gasteiger partial charge in [-0.3, -0.25) is 14.9 Å². The summed E-state index contributed by atoms with van der Waals surface area (Å²) in [5.41, 5.74) is -0.0351. The minimum Gasteiger partial charge on any atom is -0.296 e. The van der Waals surface area contributed by atoms with Crippen LogP contribution in [0.25, 0.3) is 11.0 Å². The van der Waals surface area contributed by atoms with E-state index >= 15 is 0 Å². The first kappa shape index (κ1) is 15.2. The van der Waals surface area contributed by atoms with Crippen LogP contribution in [-0.2, 0) is 26.7 Å². The predicted octanol–water partition coefficient (Wildman–Crippen LogP) is -0.604. The van der Waals surface area contributed by atoms with Crippen LogP contribution in [0.5, 0.6) is 0 Å². The number of nitrogens with zero attached hydrogens (tertiary/aromatic N) is 4. The Hall–Kier alpha value is -2.33. The van der Waals surface area contributed by atoms with Crippen LogP contribution in [0.3, 0.4) is 0 Å². The number of fused-ring (bicyclic) bond motifs is 1. The Balaban J connectivity index is 1.74. The van der Waals surface area contributed by atoms with Gasteiger partial charge in [-0.2, -0.15) is 4.31 Å². The summed E-state index contributed by atoms with van der Waals surface area (Å²) in [6.07, 6.45) is 0.368. The number of carbonyl (C=O) groups is 2. The maximum atomic E-state index is 13.0. The van der Waals surface area contributed by atoms with Gasteiger partial charge >= 0.3 is 0 Å². The number of carbonyl (C=O) groups excluding carboxylic acids is 2. The Morgan fingerprint density at radius 3 is 2.79 bits per heavy atom. The Morgan fingerprint density at radius 2 is 2.08 bits per heavy atom. The van der Waals surface area contributed by atoms with Gasteiger partial charge in [-0.25, -0.2) is 13.1 Å². The average molecular weight is 349 g/mol. The molecule has 1 aromatic heterocycles. The van der Waals surface area contributed by atoms with Gasteiger partial charge < -0.3 is 0 Å². The zero-order valence-corrected chi connectivity index (χ0v) is 13.7. The molecule has 0 unspecified atom stereocenters. The number of rotatable bonds is 2. The first-order chi connectivity index (χ1) is 11.3. The molecule has 2 aromatic rings. The molecule has 10 heteroatoms. The van der Waals surface area contributed by atoms with Crippen LogP contribution >= 0.6 is 0 Å². The maximum Gasteiger partial charge on any atom is 0.245 e. The van der Waals surface area contributed by atoms with Crippen molar-refractivity contribution in [2.75, 3.05) is 13.1 Å². The Labute approximate surface area is 137 Å². The van der Waals surface area contributed by atoms with Crippen molar-refractivity contribution in [1.82, 2.24) is 24.6 Å². The second-order valence-electron chi connectivity index (χ2n) is 6.26. The summed E-state index contributed by atoms with van der Waals surface area (Å²) in [6.45, 7) is 0.198. The number of aryl methyl sites for hydroxylation is 1. The molecule has 0 bridgehead atoms. The molecule has 1 N–H and O–H groups in total. The lowest BCUT2D eigenvalue weighted by atomic mass is 9.86. The molecular weight excluding hydrogens is 334 g/mol. The largest absolute Gasteiger partial charge is 0.296 e. The van der Waals surface area contributed by atoms with Gasteiger partial charge in [0.2, 0.25) is 21.8 Å². The van der Waals surface area contributed by atoms with Crippen molar-refractivity contribution < 1.29 is 18.0 Å². The summed E-state index contributed by atoms with van der Waals surface area (Å²) >= 11 is 0. The zero-order valence-electron chi connectivity index (χ0n) is 12.9. The van der Waals surface area contributed by atoms with Gasteiger partial charge in [0.1, 0.15) is 10.4 Å². The van der Waals surface area contributed by atoms with E-state index in [4.69, 9.17) is 0 Å². The van der Waals surface area contributed by atoms with Crippen LogP contribution in [0.2, 0.25) is 0 Å². The number of sulfonamides is 1. The molecule has 2 fully saturated rings. The fourth-order valence-electron chi connectivity index (χ4n) is 3.44. The van der Waals surface area contributed by atoms with Gasteiger partial charge in [0.15, 0.2) is 0 Å². The second-order valence-corrected chi connectivity index (χ2v) is 8.17. The average Bonchev–Trinajstić information content (AvgIpc) is 3.20. The predicted molar refractivity (Wildman–Crippen MR) is 82.1 cm³/mol. The van der Waals surface area contributed by atoms with Crippen LogP contribution < -0.4 is 5.32 Å². The Kier molecular flexibility index (Phi) is 3.06. The van der Waals surface area contributed by atoms with Crippen LogP contribution in [0.15, 0.2) is 23.1 Å². The van der Waals surface area contributed by atoms with E-state index in [1.165, 1.54) is 15.1 Å². The molecule has 4 rings (SSSR count). The van der Waals surface area contributed by atoms with E-state index in [0.29, 0.717) is 17.5 Å². The molecular formula is C14H15N5O4S. The molecule has 9 nitrogen and oxygen atoms in total. The van der Waals surface area contributed by atoms with Crippen LogP contribution in [-0.4, -0.2) is 52.6 Å². The highest BCUT2D eigenvalue weighted by atomic mass is 32.2. The Morgan fingerprint density at radius 1 is 1.29 bits per heavy atom. The fourth-order valence-corrected chi connectivity index (χ4v) is 5.11. The molecule has 1 atom stereocenters. The summed E-state index contributed by atoms with van der Waals surface area (Å²) in [7, 11) is -2.14. The lowest BCUT2D eigenvalue weighted by Crippen LogP contribution is -2.36. The third-order valence-electron chi connectivity index (χ3n) is 4.78. The monoisotopic (exact) mass is 349 g/mol. The van der Waals surface area contributed by atoms with Gasteiger partial charge in [0.25, 0.3) is 0 Å². The molecule has 1 spiro atoms. The highest BCUT2D eigenvalue weighted by Gasteiger charge is 2.53. The zero-order chi connectivity index (χ0) is 17.1. The van der Waals surface area contributed by atoms with Crippen molar-refractivity contribution in [3.05, 3.63) is 18.2 Å². The fraction of sp³-hybridized carbons (Fsp3) is 0.429. The first-order valence-corrected chi connectivity index (χ1v) is 8.90. The molecule has 126 valence electrons. The van der Waals surface area contributed by atoms with E-state index in [0.717, 1.165) is 0 Å². The number of imide groups is 1. The van der Waals surface area contributed by atoms with E-state index in [2.05, 4.69) is 15.6 Å². The topological polar surface area (TPSA) is 114 Å². The summed E-state index contributed by atoms with van der Waals surface area (Å²) in [6, 6.07) is 4.86. The molecule has 0 aliphatic carbocycles. The van der Waals surface area contributed by atoms with Crippen LogP contribution in [0.4, 0.5) is 0 Å². The van der Waals surface area contributed by atoms with Gasteiger partial charge in [0.05, 0.1) is 10.9 Å². The second kappa shape index (κ2) is 4.84. The molecule has 1 aromatic carbocycles. The maximum absolute atomic E-state index is 13.0. The van der Waals surface area contributed by atoms with E-state index < -0.39 is 15.4 Å². The smallest absolute Gasteiger partial charge is 0.245 e. The standard InChI is InChI=1S/C14H15N5O4S/c1-18-9-3-2-4-10(12(9)16-17-18)24(22,23)19-6-5-14(8-19)7-11(20)15-13(14)21/h2-4H,5-8H2,1H3,(H,15,20,21)/t14-/m0/s1. The number of benzene rings is 1. The van der Waals surface area contributed by atoms with Gasteiger partial charge in [-0.1, -0.05) is 11.3 Å². The Bertz CT molecular complexity index is 982. The van der Waals surface area contributed by atoms with Crippen molar-refractivity contribution in [2.45, 2.75) is 17.7 Å². The number of hydrogen-bond donors (Lipinski definition) is 1. The van der Waals surface area contributed by atoms with Crippen LogP contribution in [0, 0.1) is 5.41 Å². The normalized spacial score (nSPS) is 25.0. The van der Waals surface area contributed by atoms with Gasteiger partial charge in [-0.15, -0.1) is 5.10 Å². The minimum absolute atomic E-state index is 0.00353. The number of aromatic nitrogens is 3. The molecule has 0 saturated carbocycles. The number of amides is 2. The lowest BCUT2D eigenvalue weighted by Gasteiger charge is -2.20. The highest BCUT2D eigenvalue weighted by molar-refractivity contribution is 7.89. The summed E-state index contributed by atoms with van der Waals surface area (Å²) < 4.78 is 28.8. The number of nitrogens with one attached hydrogen (secondary N) is 1. The van der Waals surface area contributed by atoms with Crippen molar-refractivity contribution >= 4 is 32.9 Å². The van der Waals surface area contributed by atoms with Crippen molar-refractivity contribution in [3.8, 4) is 0 Å². The SMILES string of the molecule is Cn1nnc2c(S(=O)(=O)N3CC[C@]4(CC(=O)NC4=O)C3)cccc21. The third kappa shape index (κ3) is 1.99. The molecule has 2 saturated heterocycles. The summed E-state index contributed by atoms with van der Waals surface area (Å²) in [5, 5.41) is 10.1. The van der Waals surface area contributed by atoms with Gasteiger partial charge in [0, 0.05) is 26.6 Å². The highest BCUT2D eigenvalue weighted by Crippen LogP contribution is 2.40. The van der Waals surface area contributed by atoms with Crippen LogP contribution in [0.1, 0.15) is 12.8 Å². The van der Waals surface area contributed by atoms with Crippen molar-refractivity contribution in [2.24, 2.45) is 12.5 Å². The first-order valence-electron chi connectivity index (χ1n) is 7.46. The molecule has 24 heavy (non-hydrogen) atoms. The molecule has 3 heterocycles. The molecule has 2 amide bonds. The third-order valence-corrected chi connectivity index (χ3v) is 6.65. The number of hydrogen-bond acceptors (Lipinski definition) is 6.